The molecule has 1 fully saturated rings. The molecule has 0 unspecified atom stereocenters. The lowest BCUT2D eigenvalue weighted by atomic mass is 9.93. The smallest absolute Gasteiger partial charge is 0.302 e. The summed E-state index contributed by atoms with van der Waals surface area (Å²) in [5.74, 6) is 0.219. The highest BCUT2D eigenvalue weighted by atomic mass is 16.2. The number of carbonyl (C=O) groups excluding carboxylic acids is 2. The first kappa shape index (κ1) is 10.7. The maximum Gasteiger partial charge on any atom is 0.302 e. The van der Waals surface area contributed by atoms with Crippen LogP contribution in [0.3, 0.4) is 0 Å². The van der Waals surface area contributed by atoms with E-state index in [2.05, 4.69) is 4.85 Å². The minimum atomic E-state index is -0.109. The van der Waals surface area contributed by atoms with E-state index < -0.39 is 0 Å². The van der Waals surface area contributed by atoms with Crippen molar-refractivity contribution >= 4 is 11.7 Å². The topological polar surface area (TPSA) is 41.7 Å². The molecule has 4 heteroatoms. The lowest BCUT2D eigenvalue weighted by molar-refractivity contribution is -0.132. The van der Waals surface area contributed by atoms with Gasteiger partial charge in [0.05, 0.1) is 0 Å². The van der Waals surface area contributed by atoms with Crippen LogP contribution in [-0.4, -0.2) is 36.2 Å². The van der Waals surface area contributed by atoms with Crippen LogP contribution >= 0.6 is 0 Å². The summed E-state index contributed by atoms with van der Waals surface area (Å²) < 4.78 is 0. The molecule has 1 heterocycles. The van der Waals surface area contributed by atoms with Crippen LogP contribution in [0.25, 0.3) is 4.85 Å². The SMILES string of the molecule is [C-]#[N+]CC(=O)N1CCC(C(C)=O)CC1. The second-order valence-corrected chi connectivity index (χ2v) is 3.58. The maximum absolute atomic E-state index is 11.3. The molecule has 76 valence electrons. The molecule has 0 N–H and O–H groups in total. The predicted molar refractivity (Wildman–Crippen MR) is 51.5 cm³/mol. The van der Waals surface area contributed by atoms with E-state index in [-0.39, 0.29) is 24.2 Å². The van der Waals surface area contributed by atoms with Gasteiger partial charge >= 0.3 is 5.91 Å². The van der Waals surface area contributed by atoms with Crippen molar-refractivity contribution in [3.63, 3.8) is 0 Å². The van der Waals surface area contributed by atoms with Crippen molar-refractivity contribution in [3.8, 4) is 0 Å². The van der Waals surface area contributed by atoms with Crippen LogP contribution < -0.4 is 0 Å². The summed E-state index contributed by atoms with van der Waals surface area (Å²) in [4.78, 5) is 27.1. The summed E-state index contributed by atoms with van der Waals surface area (Å²) in [6, 6.07) is 0. The van der Waals surface area contributed by atoms with Crippen LogP contribution in [0, 0.1) is 12.5 Å². The van der Waals surface area contributed by atoms with E-state index in [1.54, 1.807) is 11.8 Å². The Labute approximate surface area is 83.7 Å². The normalized spacial score (nSPS) is 17.6. The molecule has 0 aliphatic carbocycles. The lowest BCUT2D eigenvalue weighted by Gasteiger charge is -2.29. The van der Waals surface area contributed by atoms with Crippen molar-refractivity contribution < 1.29 is 9.59 Å². The molecule has 0 spiro atoms. The second-order valence-electron chi connectivity index (χ2n) is 3.58. The van der Waals surface area contributed by atoms with Gasteiger partial charge < -0.3 is 9.74 Å². The molecule has 1 amide bonds. The highest BCUT2D eigenvalue weighted by Gasteiger charge is 2.25. The Morgan fingerprint density at radius 3 is 2.43 bits per heavy atom. The monoisotopic (exact) mass is 194 g/mol. The first-order valence-corrected chi connectivity index (χ1v) is 4.76. The molecule has 0 aromatic heterocycles. The van der Waals surface area contributed by atoms with Gasteiger partial charge in [0.15, 0.2) is 0 Å². The van der Waals surface area contributed by atoms with Crippen molar-refractivity contribution in [2.75, 3.05) is 19.6 Å². The Morgan fingerprint density at radius 1 is 1.43 bits per heavy atom. The number of rotatable bonds is 2. The highest BCUT2D eigenvalue weighted by Crippen LogP contribution is 2.17. The van der Waals surface area contributed by atoms with Crippen LogP contribution in [0.5, 0.6) is 0 Å². The van der Waals surface area contributed by atoms with E-state index in [1.807, 2.05) is 0 Å². The number of likely N-dealkylation sites (tertiary alicyclic amines) is 1. The third-order valence-electron chi connectivity index (χ3n) is 2.64. The predicted octanol–water partition coefficient (Wildman–Crippen LogP) is 0.733. The van der Waals surface area contributed by atoms with Gasteiger partial charge in [0.1, 0.15) is 5.78 Å². The number of nitrogens with zero attached hydrogens (tertiary/aromatic N) is 2. The number of carbonyl (C=O) groups is 2. The van der Waals surface area contributed by atoms with E-state index >= 15 is 0 Å². The molecule has 1 aliphatic rings. The number of piperidine rings is 1. The molecule has 0 radical (unpaired) electrons. The Hall–Kier alpha value is -1.37. The van der Waals surface area contributed by atoms with Crippen LogP contribution in [-0.2, 0) is 9.59 Å². The van der Waals surface area contributed by atoms with Gasteiger partial charge in [0, 0.05) is 19.0 Å². The van der Waals surface area contributed by atoms with Crippen molar-refractivity contribution in [2.45, 2.75) is 19.8 Å². The molecule has 0 atom stereocenters. The van der Waals surface area contributed by atoms with E-state index in [0.29, 0.717) is 13.1 Å². The molecule has 1 rings (SSSR count). The Balaban J connectivity index is 2.40. The second kappa shape index (κ2) is 4.75. The number of Topliss-reactive ketones (excluding diaryl/α,β-unsaturated/α-hetero) is 1. The quantitative estimate of drug-likeness (QED) is 0.608. The van der Waals surface area contributed by atoms with Crippen LogP contribution in [0.4, 0.5) is 0 Å². The summed E-state index contributed by atoms with van der Waals surface area (Å²) >= 11 is 0. The number of amides is 1. The van der Waals surface area contributed by atoms with Gasteiger partial charge in [0.2, 0.25) is 0 Å². The van der Waals surface area contributed by atoms with Gasteiger partial charge in [-0.15, -0.1) is 0 Å². The van der Waals surface area contributed by atoms with E-state index in [9.17, 15) is 9.59 Å². The average Bonchev–Trinajstić information content (AvgIpc) is 2.18. The average molecular weight is 194 g/mol. The van der Waals surface area contributed by atoms with Gasteiger partial charge in [-0.2, -0.15) is 0 Å². The fourth-order valence-electron chi connectivity index (χ4n) is 1.70. The van der Waals surface area contributed by atoms with Crippen LogP contribution in [0.15, 0.2) is 0 Å². The Bertz CT molecular complexity index is 272. The van der Waals surface area contributed by atoms with Gasteiger partial charge in [-0.25, -0.2) is 6.57 Å². The van der Waals surface area contributed by atoms with E-state index in [4.69, 9.17) is 6.57 Å². The third kappa shape index (κ3) is 2.56. The van der Waals surface area contributed by atoms with Gasteiger partial charge in [-0.05, 0) is 19.8 Å². The summed E-state index contributed by atoms with van der Waals surface area (Å²) in [5.41, 5.74) is 0. The molecule has 4 nitrogen and oxygen atoms in total. The van der Waals surface area contributed by atoms with Crippen molar-refractivity contribution in [2.24, 2.45) is 5.92 Å². The molecule has 0 bridgehead atoms. The molecule has 0 saturated carbocycles. The first-order chi connectivity index (χ1) is 6.65. The number of ketones is 1. The highest BCUT2D eigenvalue weighted by molar-refractivity contribution is 5.81. The minimum Gasteiger partial charge on any atom is -0.336 e. The maximum atomic E-state index is 11.3. The summed E-state index contributed by atoms with van der Waals surface area (Å²) in [7, 11) is 0. The Kier molecular flexibility index (Phi) is 3.63. The van der Waals surface area contributed by atoms with Crippen LogP contribution in [0.1, 0.15) is 19.8 Å². The van der Waals surface area contributed by atoms with Crippen LogP contribution in [0.2, 0.25) is 0 Å². The molecular weight excluding hydrogens is 180 g/mol. The molecule has 1 aliphatic heterocycles. The summed E-state index contributed by atoms with van der Waals surface area (Å²) in [6.45, 7) is 9.36. The van der Waals surface area contributed by atoms with E-state index in [0.717, 1.165) is 12.8 Å². The molecule has 14 heavy (non-hydrogen) atoms. The molecular formula is C10H14N2O2. The van der Waals surface area contributed by atoms with Crippen molar-refractivity contribution in [1.82, 2.24) is 4.90 Å². The lowest BCUT2D eigenvalue weighted by Crippen LogP contribution is -2.40. The number of hydrogen-bond donors (Lipinski definition) is 0. The minimum absolute atomic E-state index is 0.0647. The number of hydrogen-bond acceptors (Lipinski definition) is 2. The fraction of sp³-hybridized carbons (Fsp3) is 0.700. The van der Waals surface area contributed by atoms with Gasteiger partial charge in [-0.1, -0.05) is 0 Å². The van der Waals surface area contributed by atoms with Gasteiger partial charge in [-0.3, -0.25) is 9.59 Å². The first-order valence-electron chi connectivity index (χ1n) is 4.76. The fourth-order valence-corrected chi connectivity index (χ4v) is 1.70. The zero-order valence-electron chi connectivity index (χ0n) is 8.32. The summed E-state index contributed by atoms with van der Waals surface area (Å²) in [5, 5.41) is 0. The standard InChI is InChI=1S/C10H14N2O2/c1-8(13)9-3-5-12(6-4-9)10(14)7-11-2/h9H,3-7H2,1H3. The van der Waals surface area contributed by atoms with E-state index in [1.165, 1.54) is 0 Å². The zero-order valence-corrected chi connectivity index (χ0v) is 8.32. The zero-order chi connectivity index (χ0) is 10.6. The molecule has 0 aromatic rings. The largest absolute Gasteiger partial charge is 0.336 e. The van der Waals surface area contributed by atoms with Crippen molar-refractivity contribution in [1.29, 1.82) is 0 Å². The Morgan fingerprint density at radius 2 is 2.00 bits per heavy atom. The summed E-state index contributed by atoms with van der Waals surface area (Å²) in [6.07, 6.45) is 1.50. The molecule has 0 aromatic carbocycles. The third-order valence-corrected chi connectivity index (χ3v) is 2.64. The van der Waals surface area contributed by atoms with Crippen molar-refractivity contribution in [3.05, 3.63) is 11.4 Å². The molecule has 1 saturated heterocycles. The van der Waals surface area contributed by atoms with Gasteiger partial charge in [0.25, 0.3) is 6.54 Å².